The molecule has 3 rings (SSSR count). The normalized spacial score (nSPS) is 22.5. The van der Waals surface area contributed by atoms with Crippen molar-refractivity contribution < 1.29 is 13.6 Å². The lowest BCUT2D eigenvalue weighted by atomic mass is 9.84. The van der Waals surface area contributed by atoms with Gasteiger partial charge < -0.3 is 10.2 Å². The standard InChI is InChI=1S/C20H26F2N2O/c21-17-7-4-8-18(22)20(17)19(25)9-11-24-12-10-23-14-16(24)13-15-5-2-1-3-6-15/h4,7-9,11,15-16,23H,1-3,5-6,10,12-14H2/b11-9+. The number of piperazine rings is 1. The molecule has 1 aliphatic carbocycles. The van der Waals surface area contributed by atoms with Gasteiger partial charge >= 0.3 is 0 Å². The fraction of sp³-hybridized carbons (Fsp3) is 0.550. The summed E-state index contributed by atoms with van der Waals surface area (Å²) in [5.41, 5.74) is -0.474. The molecule has 1 aromatic rings. The summed E-state index contributed by atoms with van der Waals surface area (Å²) in [6.07, 6.45) is 10.7. The van der Waals surface area contributed by atoms with E-state index >= 15 is 0 Å². The molecule has 1 aromatic carbocycles. The van der Waals surface area contributed by atoms with Gasteiger partial charge in [0.05, 0.1) is 5.56 Å². The van der Waals surface area contributed by atoms with E-state index in [1.165, 1.54) is 44.2 Å². The molecule has 1 heterocycles. The van der Waals surface area contributed by atoms with E-state index < -0.39 is 23.0 Å². The summed E-state index contributed by atoms with van der Waals surface area (Å²) in [5.74, 6) is -1.50. The molecule has 1 aliphatic heterocycles. The Hall–Kier alpha value is -1.75. The highest BCUT2D eigenvalue weighted by molar-refractivity contribution is 6.04. The fourth-order valence-electron chi connectivity index (χ4n) is 3.98. The van der Waals surface area contributed by atoms with Crippen molar-refractivity contribution in [3.05, 3.63) is 47.7 Å². The molecule has 0 bridgehead atoms. The molecule has 1 N–H and O–H groups in total. The van der Waals surface area contributed by atoms with Crippen molar-refractivity contribution in [1.82, 2.24) is 10.2 Å². The van der Waals surface area contributed by atoms with Gasteiger partial charge in [0, 0.05) is 38.0 Å². The first kappa shape index (κ1) is 18.1. The lowest BCUT2D eigenvalue weighted by Gasteiger charge is -2.38. The van der Waals surface area contributed by atoms with E-state index in [-0.39, 0.29) is 0 Å². The molecule has 0 aromatic heterocycles. The third-order valence-electron chi connectivity index (χ3n) is 5.35. The first-order chi connectivity index (χ1) is 12.1. The predicted octanol–water partition coefficient (Wildman–Crippen LogP) is 3.91. The lowest BCUT2D eigenvalue weighted by Crippen LogP contribution is -2.49. The number of halogens is 2. The maximum absolute atomic E-state index is 13.7. The second-order valence-corrected chi connectivity index (χ2v) is 7.11. The van der Waals surface area contributed by atoms with E-state index in [1.54, 1.807) is 6.20 Å². The van der Waals surface area contributed by atoms with Gasteiger partial charge in [0.2, 0.25) is 0 Å². The monoisotopic (exact) mass is 348 g/mol. The van der Waals surface area contributed by atoms with Crippen molar-refractivity contribution >= 4 is 5.78 Å². The number of hydrogen-bond donors (Lipinski definition) is 1. The number of ketones is 1. The second kappa shape index (κ2) is 8.56. The Morgan fingerprint density at radius 2 is 1.92 bits per heavy atom. The molecule has 5 heteroatoms. The van der Waals surface area contributed by atoms with Crippen LogP contribution in [-0.4, -0.2) is 36.4 Å². The molecular formula is C20H26F2N2O. The van der Waals surface area contributed by atoms with E-state index in [1.807, 2.05) is 0 Å². The third-order valence-corrected chi connectivity index (χ3v) is 5.35. The van der Waals surface area contributed by atoms with Crippen molar-refractivity contribution in [2.75, 3.05) is 19.6 Å². The van der Waals surface area contributed by atoms with Crippen LogP contribution in [0.3, 0.4) is 0 Å². The summed E-state index contributed by atoms with van der Waals surface area (Å²) in [7, 11) is 0. The van der Waals surface area contributed by atoms with E-state index in [4.69, 9.17) is 0 Å². The largest absolute Gasteiger partial charge is 0.372 e. The van der Waals surface area contributed by atoms with Gasteiger partial charge in [-0.1, -0.05) is 38.2 Å². The SMILES string of the molecule is O=C(/C=C/N1CCNCC1CC1CCCCC1)c1c(F)cccc1F. The quantitative estimate of drug-likeness (QED) is 0.647. The minimum absolute atomic E-state index is 0.339. The number of nitrogens with one attached hydrogen (secondary N) is 1. The molecule has 2 aliphatic rings. The summed E-state index contributed by atoms with van der Waals surface area (Å²) in [6.45, 7) is 2.55. The minimum atomic E-state index is -0.811. The van der Waals surface area contributed by atoms with Gasteiger partial charge in [0.25, 0.3) is 0 Å². The van der Waals surface area contributed by atoms with Crippen molar-refractivity contribution in [2.24, 2.45) is 5.92 Å². The van der Waals surface area contributed by atoms with E-state index in [0.717, 1.165) is 44.1 Å². The number of rotatable bonds is 5. The van der Waals surface area contributed by atoms with Gasteiger partial charge in [-0.3, -0.25) is 4.79 Å². The highest BCUT2D eigenvalue weighted by Crippen LogP contribution is 2.29. The maximum Gasteiger partial charge on any atom is 0.193 e. The fourth-order valence-corrected chi connectivity index (χ4v) is 3.98. The molecule has 0 spiro atoms. The molecule has 0 amide bonds. The zero-order valence-electron chi connectivity index (χ0n) is 14.5. The summed E-state index contributed by atoms with van der Waals surface area (Å²) in [4.78, 5) is 14.4. The number of benzene rings is 1. The number of carbonyl (C=O) groups is 1. The summed E-state index contributed by atoms with van der Waals surface area (Å²) in [6, 6.07) is 3.83. The second-order valence-electron chi connectivity index (χ2n) is 7.11. The molecule has 0 radical (unpaired) electrons. The van der Waals surface area contributed by atoms with Crippen molar-refractivity contribution in [2.45, 2.75) is 44.6 Å². The van der Waals surface area contributed by atoms with Gasteiger partial charge in [-0.2, -0.15) is 0 Å². The van der Waals surface area contributed by atoms with Crippen LogP contribution in [0.1, 0.15) is 48.9 Å². The molecule has 3 nitrogen and oxygen atoms in total. The molecule has 1 saturated carbocycles. The molecule has 136 valence electrons. The Balaban J connectivity index is 1.66. The third kappa shape index (κ3) is 4.66. The summed E-state index contributed by atoms with van der Waals surface area (Å²) < 4.78 is 27.5. The lowest BCUT2D eigenvalue weighted by molar-refractivity contribution is 0.103. The number of carbonyl (C=O) groups excluding carboxylic acids is 1. The Bertz CT molecular complexity index is 606. The van der Waals surface area contributed by atoms with E-state index in [9.17, 15) is 13.6 Å². The molecule has 1 unspecified atom stereocenters. The van der Waals surface area contributed by atoms with Crippen LogP contribution in [0.5, 0.6) is 0 Å². The Morgan fingerprint density at radius 3 is 2.64 bits per heavy atom. The van der Waals surface area contributed by atoms with Crippen LogP contribution >= 0.6 is 0 Å². The predicted molar refractivity (Wildman–Crippen MR) is 94.4 cm³/mol. The van der Waals surface area contributed by atoms with Crippen LogP contribution in [0, 0.1) is 17.6 Å². The van der Waals surface area contributed by atoms with E-state index in [0.29, 0.717) is 6.04 Å². The Morgan fingerprint density at radius 1 is 1.20 bits per heavy atom. The van der Waals surface area contributed by atoms with Gasteiger partial charge in [-0.25, -0.2) is 8.78 Å². The number of allylic oxidation sites excluding steroid dienone is 1. The van der Waals surface area contributed by atoms with Crippen molar-refractivity contribution in [1.29, 1.82) is 0 Å². The first-order valence-corrected chi connectivity index (χ1v) is 9.28. The van der Waals surface area contributed by atoms with Crippen LogP contribution in [0.2, 0.25) is 0 Å². The number of hydrogen-bond acceptors (Lipinski definition) is 3. The van der Waals surface area contributed by atoms with Crippen LogP contribution in [0.25, 0.3) is 0 Å². The molecule has 25 heavy (non-hydrogen) atoms. The molecule has 1 saturated heterocycles. The highest BCUT2D eigenvalue weighted by atomic mass is 19.1. The van der Waals surface area contributed by atoms with Crippen LogP contribution in [0.4, 0.5) is 8.78 Å². The molecule has 1 atom stereocenters. The molecular weight excluding hydrogens is 322 g/mol. The van der Waals surface area contributed by atoms with Crippen LogP contribution in [-0.2, 0) is 0 Å². The van der Waals surface area contributed by atoms with Crippen LogP contribution in [0.15, 0.2) is 30.5 Å². The Kier molecular flexibility index (Phi) is 6.19. The van der Waals surface area contributed by atoms with Gasteiger partial charge in [0.1, 0.15) is 11.6 Å². The van der Waals surface area contributed by atoms with Crippen LogP contribution < -0.4 is 5.32 Å². The average Bonchev–Trinajstić information content (AvgIpc) is 2.62. The van der Waals surface area contributed by atoms with Gasteiger partial charge in [-0.05, 0) is 24.5 Å². The maximum atomic E-state index is 13.7. The minimum Gasteiger partial charge on any atom is -0.372 e. The van der Waals surface area contributed by atoms with E-state index in [2.05, 4.69) is 10.2 Å². The van der Waals surface area contributed by atoms with Crippen molar-refractivity contribution in [3.63, 3.8) is 0 Å². The topological polar surface area (TPSA) is 32.3 Å². The summed E-state index contributed by atoms with van der Waals surface area (Å²) in [5, 5.41) is 3.41. The average molecular weight is 348 g/mol. The highest BCUT2D eigenvalue weighted by Gasteiger charge is 2.25. The zero-order valence-corrected chi connectivity index (χ0v) is 14.5. The molecule has 2 fully saturated rings. The van der Waals surface area contributed by atoms with Gasteiger partial charge in [-0.15, -0.1) is 0 Å². The van der Waals surface area contributed by atoms with Crippen molar-refractivity contribution in [3.8, 4) is 0 Å². The number of nitrogens with zero attached hydrogens (tertiary/aromatic N) is 1. The zero-order chi connectivity index (χ0) is 17.6. The van der Waals surface area contributed by atoms with Gasteiger partial charge in [0.15, 0.2) is 5.78 Å². The summed E-state index contributed by atoms with van der Waals surface area (Å²) >= 11 is 0. The Labute approximate surface area is 148 Å². The smallest absolute Gasteiger partial charge is 0.193 e. The first-order valence-electron chi connectivity index (χ1n) is 9.28.